The number of nitrogens with zero attached hydrogens (tertiary/aromatic N) is 2. The normalized spacial score (nSPS) is 12.9. The number of H-pyrrole nitrogens is 1. The Morgan fingerprint density at radius 3 is 2.21 bits per heavy atom. The zero-order valence-electron chi connectivity index (χ0n) is 14.9. The van der Waals surface area contributed by atoms with Gasteiger partial charge in [-0.2, -0.15) is 13.5 Å². The lowest BCUT2D eigenvalue weighted by Gasteiger charge is -2.16. The average molecular weight is 412 g/mol. The monoisotopic (exact) mass is 412 g/mol. The Bertz CT molecular complexity index is 1360. The fraction of sp³-hybridized carbons (Fsp3) is 0.0526. The molecule has 4 rings (SSSR count). The van der Waals surface area contributed by atoms with Gasteiger partial charge in [-0.15, -0.1) is 0 Å². The second-order valence-electron chi connectivity index (χ2n) is 6.38. The van der Waals surface area contributed by atoms with Crippen LogP contribution >= 0.6 is 0 Å². The largest absolute Gasteiger partial charge is 0.494 e. The lowest BCUT2D eigenvalue weighted by Crippen LogP contribution is -2.17. The molecule has 1 atom stereocenters. The van der Waals surface area contributed by atoms with Crippen molar-refractivity contribution in [3.63, 3.8) is 0 Å². The molecule has 9 nitrogen and oxygen atoms in total. The molecule has 0 fully saturated rings. The highest BCUT2D eigenvalue weighted by Gasteiger charge is 2.34. The molecule has 2 aromatic heterocycles. The van der Waals surface area contributed by atoms with Crippen molar-refractivity contribution in [1.82, 2.24) is 14.8 Å². The van der Waals surface area contributed by atoms with Crippen molar-refractivity contribution in [2.75, 3.05) is 5.73 Å². The summed E-state index contributed by atoms with van der Waals surface area (Å²) in [6, 6.07) is 16.5. The number of anilines is 1. The van der Waals surface area contributed by atoms with Crippen LogP contribution in [0, 0.1) is 0 Å². The summed E-state index contributed by atoms with van der Waals surface area (Å²) in [5, 5.41) is 13.0. The van der Waals surface area contributed by atoms with E-state index in [1.54, 1.807) is 48.5 Å². The number of pyridine rings is 1. The molecule has 148 valence electrons. The summed E-state index contributed by atoms with van der Waals surface area (Å²) in [6.45, 7) is 0. The smallest absolute Gasteiger partial charge is 0.276 e. The van der Waals surface area contributed by atoms with Gasteiger partial charge in [0, 0.05) is 0 Å². The van der Waals surface area contributed by atoms with Gasteiger partial charge < -0.3 is 10.8 Å². The molecule has 2 aromatic carbocycles. The van der Waals surface area contributed by atoms with Crippen molar-refractivity contribution in [3.8, 4) is 11.6 Å². The van der Waals surface area contributed by atoms with E-state index in [0.29, 0.717) is 5.69 Å². The van der Waals surface area contributed by atoms with Crippen LogP contribution in [-0.2, 0) is 10.1 Å². The summed E-state index contributed by atoms with van der Waals surface area (Å²) in [4.78, 5) is 14.7. The summed E-state index contributed by atoms with van der Waals surface area (Å²) in [7, 11) is -4.74. The number of aromatic nitrogens is 3. The number of aromatic amines is 1. The number of hydrogen-bond donors (Lipinski definition) is 4. The van der Waals surface area contributed by atoms with Gasteiger partial charge in [0.2, 0.25) is 0 Å². The van der Waals surface area contributed by atoms with E-state index >= 15 is 0 Å². The Morgan fingerprint density at radius 1 is 1.03 bits per heavy atom. The zero-order chi connectivity index (χ0) is 20.8. The first-order chi connectivity index (χ1) is 13.8. The number of para-hydroxylation sites is 1. The third-order valence-electron chi connectivity index (χ3n) is 4.55. The maximum Gasteiger partial charge on any atom is 0.276 e. The second-order valence-corrected chi connectivity index (χ2v) is 7.88. The zero-order valence-corrected chi connectivity index (χ0v) is 15.7. The first-order valence-electron chi connectivity index (χ1n) is 8.49. The minimum absolute atomic E-state index is 0.0316. The van der Waals surface area contributed by atoms with Crippen molar-refractivity contribution in [2.45, 2.75) is 5.25 Å². The molecule has 29 heavy (non-hydrogen) atoms. The molecular weight excluding hydrogens is 396 g/mol. The fourth-order valence-electron chi connectivity index (χ4n) is 3.32. The number of rotatable bonds is 4. The van der Waals surface area contributed by atoms with Crippen molar-refractivity contribution in [2.24, 2.45) is 0 Å². The maximum atomic E-state index is 12.5. The third kappa shape index (κ3) is 3.13. The summed E-state index contributed by atoms with van der Waals surface area (Å²) in [5.41, 5.74) is 5.72. The fourth-order valence-corrected chi connectivity index (χ4v) is 4.34. The molecule has 0 aliphatic heterocycles. The van der Waals surface area contributed by atoms with Crippen molar-refractivity contribution >= 4 is 26.8 Å². The molecule has 0 aliphatic carbocycles. The topological polar surface area (TPSA) is 151 Å². The number of nitrogens with two attached hydrogens (primary N) is 1. The quantitative estimate of drug-likeness (QED) is 0.374. The minimum atomic E-state index is -4.74. The van der Waals surface area contributed by atoms with Crippen molar-refractivity contribution in [1.29, 1.82) is 0 Å². The Balaban J connectivity index is 2.11. The van der Waals surface area contributed by atoms with Crippen molar-refractivity contribution in [3.05, 3.63) is 82.1 Å². The molecule has 10 heteroatoms. The van der Waals surface area contributed by atoms with Crippen LogP contribution in [0.4, 0.5) is 5.82 Å². The number of aromatic hydroxyl groups is 1. The number of fused-ring (bicyclic) bond motifs is 1. The number of benzene rings is 2. The van der Waals surface area contributed by atoms with Crippen LogP contribution in [0.2, 0.25) is 0 Å². The van der Waals surface area contributed by atoms with E-state index in [-0.39, 0.29) is 27.8 Å². The van der Waals surface area contributed by atoms with Crippen LogP contribution < -0.4 is 11.3 Å². The Hall–Kier alpha value is -3.63. The van der Waals surface area contributed by atoms with Crippen LogP contribution in [0.15, 0.2) is 65.5 Å². The van der Waals surface area contributed by atoms with Gasteiger partial charge in [0.15, 0.2) is 5.88 Å². The van der Waals surface area contributed by atoms with E-state index < -0.39 is 26.8 Å². The van der Waals surface area contributed by atoms with Crippen LogP contribution in [-0.4, -0.2) is 32.8 Å². The van der Waals surface area contributed by atoms with Crippen molar-refractivity contribution < 1.29 is 18.1 Å². The summed E-state index contributed by atoms with van der Waals surface area (Å²) < 4.78 is 35.7. The standard InChI is InChI=1S/C19H16N4O5S/c20-17-14-15(22-23(17)12-9-5-2-6-10-12)13(18(24)21-19(14)25)16(29(26,27)28)11-7-3-1-4-8-11/h1-10,16,24H,20H2,(H,21,25)(H,26,27,28). The molecule has 0 saturated carbocycles. The number of nitrogens with one attached hydrogen (secondary N) is 1. The summed E-state index contributed by atoms with van der Waals surface area (Å²) in [5.74, 6) is -0.748. The maximum absolute atomic E-state index is 12.5. The number of hydrogen-bond acceptors (Lipinski definition) is 6. The van der Waals surface area contributed by atoms with Gasteiger partial charge in [-0.3, -0.25) is 14.3 Å². The Morgan fingerprint density at radius 2 is 1.62 bits per heavy atom. The van der Waals surface area contributed by atoms with Crippen LogP contribution in [0.3, 0.4) is 0 Å². The number of nitrogen functional groups attached to an aromatic ring is 1. The van der Waals surface area contributed by atoms with Gasteiger partial charge in [-0.1, -0.05) is 48.5 Å². The molecule has 0 radical (unpaired) electrons. The Labute approximate surface area is 164 Å². The predicted octanol–water partition coefficient (Wildman–Crippen LogP) is 1.98. The summed E-state index contributed by atoms with van der Waals surface area (Å²) >= 11 is 0. The minimum Gasteiger partial charge on any atom is -0.494 e. The van der Waals surface area contributed by atoms with Gasteiger partial charge in [0.25, 0.3) is 15.7 Å². The third-order valence-corrected chi connectivity index (χ3v) is 5.66. The van der Waals surface area contributed by atoms with E-state index in [1.165, 1.54) is 16.8 Å². The van der Waals surface area contributed by atoms with Gasteiger partial charge in [0.05, 0.1) is 11.3 Å². The molecule has 0 saturated heterocycles. The van der Waals surface area contributed by atoms with Gasteiger partial charge in [0.1, 0.15) is 22.0 Å². The van der Waals surface area contributed by atoms with Crippen LogP contribution in [0.25, 0.3) is 16.6 Å². The second kappa shape index (κ2) is 6.76. The first-order valence-corrected chi connectivity index (χ1v) is 9.99. The Kier molecular flexibility index (Phi) is 4.36. The van der Waals surface area contributed by atoms with Crippen LogP contribution in [0.5, 0.6) is 5.88 Å². The highest BCUT2D eigenvalue weighted by Crippen LogP contribution is 2.38. The van der Waals surface area contributed by atoms with E-state index in [2.05, 4.69) is 10.1 Å². The van der Waals surface area contributed by atoms with E-state index in [9.17, 15) is 22.9 Å². The average Bonchev–Trinajstić information content (AvgIpc) is 3.03. The first kappa shape index (κ1) is 18.7. The molecule has 0 aliphatic rings. The molecule has 4 aromatic rings. The van der Waals surface area contributed by atoms with Gasteiger partial charge in [-0.05, 0) is 17.7 Å². The highest BCUT2D eigenvalue weighted by atomic mass is 32.2. The van der Waals surface area contributed by atoms with E-state index in [4.69, 9.17) is 5.73 Å². The molecule has 0 amide bonds. The van der Waals surface area contributed by atoms with Gasteiger partial charge in [-0.25, -0.2) is 4.68 Å². The molecule has 1 unspecified atom stereocenters. The molecule has 0 bridgehead atoms. The van der Waals surface area contributed by atoms with Crippen LogP contribution in [0.1, 0.15) is 16.4 Å². The highest BCUT2D eigenvalue weighted by molar-refractivity contribution is 7.86. The summed E-state index contributed by atoms with van der Waals surface area (Å²) in [6.07, 6.45) is 0. The SMILES string of the molecule is Nc1c2c(=O)[nH]c(O)c(C(c3ccccc3)S(=O)(=O)O)c2nn1-c1ccccc1. The lowest BCUT2D eigenvalue weighted by atomic mass is 10.0. The van der Waals surface area contributed by atoms with E-state index in [1.807, 2.05) is 0 Å². The predicted molar refractivity (Wildman–Crippen MR) is 108 cm³/mol. The molecule has 5 N–H and O–H groups in total. The lowest BCUT2D eigenvalue weighted by molar-refractivity contribution is 0.439. The molecule has 2 heterocycles. The molecule has 0 spiro atoms. The van der Waals surface area contributed by atoms with Gasteiger partial charge >= 0.3 is 0 Å². The molecular formula is C19H16N4O5S. The van der Waals surface area contributed by atoms with E-state index in [0.717, 1.165) is 0 Å².